The maximum absolute atomic E-state index is 12.1. The molecule has 1 rings (SSSR count). The first-order valence-corrected chi connectivity index (χ1v) is 4.54. The zero-order chi connectivity index (χ0) is 13.3. The number of benzene rings is 1. The molecular formula is C9H5ClF6O. The van der Waals surface area contributed by atoms with Crippen LogP contribution in [0, 0.1) is 0 Å². The van der Waals surface area contributed by atoms with Crippen molar-refractivity contribution in [2.45, 2.75) is 18.5 Å². The monoisotopic (exact) mass is 278 g/mol. The SMILES string of the molecule is FC(F)(F)C(Oc1ccc(Cl)cc1)C(F)(F)F. The van der Waals surface area contributed by atoms with Crippen LogP contribution in [0.3, 0.4) is 0 Å². The van der Waals surface area contributed by atoms with Crippen LogP contribution >= 0.6 is 11.6 Å². The fraction of sp³-hybridized carbons (Fsp3) is 0.333. The average Bonchev–Trinajstić information content (AvgIpc) is 2.13. The number of alkyl halides is 6. The average molecular weight is 279 g/mol. The molecule has 0 unspecified atom stereocenters. The molecule has 0 heterocycles. The van der Waals surface area contributed by atoms with Crippen molar-refractivity contribution in [2.75, 3.05) is 0 Å². The molecular weight excluding hydrogens is 274 g/mol. The highest BCUT2D eigenvalue weighted by Gasteiger charge is 2.59. The molecule has 0 amide bonds. The van der Waals surface area contributed by atoms with Crippen molar-refractivity contribution in [2.24, 2.45) is 0 Å². The van der Waals surface area contributed by atoms with Gasteiger partial charge in [-0.2, -0.15) is 26.3 Å². The minimum atomic E-state index is -5.53. The summed E-state index contributed by atoms with van der Waals surface area (Å²) in [5, 5.41) is 0.174. The molecule has 0 spiro atoms. The van der Waals surface area contributed by atoms with Crippen molar-refractivity contribution < 1.29 is 31.1 Å². The van der Waals surface area contributed by atoms with Crippen molar-refractivity contribution in [1.29, 1.82) is 0 Å². The minimum Gasteiger partial charge on any atom is -0.471 e. The van der Waals surface area contributed by atoms with Crippen molar-refractivity contribution in [1.82, 2.24) is 0 Å². The topological polar surface area (TPSA) is 9.23 Å². The van der Waals surface area contributed by atoms with Crippen LogP contribution < -0.4 is 4.74 Å². The first-order chi connectivity index (χ1) is 7.60. The van der Waals surface area contributed by atoms with Gasteiger partial charge in [-0.25, -0.2) is 0 Å². The van der Waals surface area contributed by atoms with E-state index in [1.54, 1.807) is 0 Å². The van der Waals surface area contributed by atoms with E-state index in [1.807, 2.05) is 0 Å². The van der Waals surface area contributed by atoms with Crippen LogP contribution in [0.1, 0.15) is 0 Å². The van der Waals surface area contributed by atoms with E-state index >= 15 is 0 Å². The molecule has 0 saturated carbocycles. The number of hydrogen-bond acceptors (Lipinski definition) is 1. The highest BCUT2D eigenvalue weighted by molar-refractivity contribution is 6.30. The molecule has 1 nitrogen and oxygen atoms in total. The Morgan fingerprint density at radius 3 is 1.65 bits per heavy atom. The molecule has 0 radical (unpaired) electrons. The normalized spacial score (nSPS) is 12.9. The van der Waals surface area contributed by atoms with Crippen molar-refractivity contribution >= 4 is 11.6 Å². The molecule has 0 aliphatic rings. The number of hydrogen-bond donors (Lipinski definition) is 0. The van der Waals surface area contributed by atoms with Crippen LogP contribution in [-0.4, -0.2) is 18.5 Å². The Hall–Kier alpha value is -1.11. The van der Waals surface area contributed by atoms with Crippen LogP contribution in [-0.2, 0) is 0 Å². The molecule has 17 heavy (non-hydrogen) atoms. The maximum atomic E-state index is 12.1. The highest BCUT2D eigenvalue weighted by Crippen LogP contribution is 2.36. The van der Waals surface area contributed by atoms with Crippen molar-refractivity contribution in [3.63, 3.8) is 0 Å². The first kappa shape index (κ1) is 14.0. The molecule has 8 heteroatoms. The zero-order valence-corrected chi connectivity index (χ0v) is 8.70. The van der Waals surface area contributed by atoms with Crippen molar-refractivity contribution in [3.05, 3.63) is 29.3 Å². The van der Waals surface area contributed by atoms with Crippen LogP contribution in [0.25, 0.3) is 0 Å². The smallest absolute Gasteiger partial charge is 0.434 e. The third-order valence-corrected chi connectivity index (χ3v) is 1.91. The largest absolute Gasteiger partial charge is 0.471 e. The van der Waals surface area contributed by atoms with Gasteiger partial charge in [0.1, 0.15) is 5.75 Å². The second-order valence-corrected chi connectivity index (χ2v) is 3.47. The zero-order valence-electron chi connectivity index (χ0n) is 7.94. The van der Waals surface area contributed by atoms with Crippen LogP contribution in [0.2, 0.25) is 5.02 Å². The summed E-state index contributed by atoms with van der Waals surface area (Å²) in [6.45, 7) is 0. The predicted molar refractivity (Wildman–Crippen MR) is 48.0 cm³/mol. The van der Waals surface area contributed by atoms with E-state index in [1.165, 1.54) is 0 Å². The maximum Gasteiger partial charge on any atom is 0.434 e. The standard InChI is InChI=1S/C9H5ClF6O/c10-5-1-3-6(4-2-5)17-7(8(11,12)13)9(14,15)16/h1-4,7H. The third-order valence-electron chi connectivity index (χ3n) is 1.66. The Labute approximate surface area is 96.9 Å². The van der Waals surface area contributed by atoms with Crippen molar-refractivity contribution in [3.8, 4) is 5.75 Å². The molecule has 0 aliphatic carbocycles. The van der Waals surface area contributed by atoms with Gasteiger partial charge in [0.05, 0.1) is 0 Å². The Kier molecular flexibility index (Phi) is 3.81. The fourth-order valence-corrected chi connectivity index (χ4v) is 1.09. The number of halogens is 7. The first-order valence-electron chi connectivity index (χ1n) is 4.16. The summed E-state index contributed by atoms with van der Waals surface area (Å²) in [5.74, 6) is -0.561. The summed E-state index contributed by atoms with van der Waals surface area (Å²) < 4.78 is 76.5. The predicted octanol–water partition coefficient (Wildman–Crippen LogP) is 4.21. The Morgan fingerprint density at radius 2 is 1.29 bits per heavy atom. The second kappa shape index (κ2) is 4.64. The van der Waals surface area contributed by atoms with Gasteiger partial charge < -0.3 is 4.74 Å². The summed E-state index contributed by atoms with van der Waals surface area (Å²) in [6.07, 6.45) is -14.9. The fourth-order valence-electron chi connectivity index (χ4n) is 0.968. The lowest BCUT2D eigenvalue weighted by molar-refractivity contribution is -0.299. The summed E-state index contributed by atoms with van der Waals surface area (Å²) in [6, 6.07) is 4.10. The molecule has 0 fully saturated rings. The minimum absolute atomic E-state index is 0.174. The summed E-state index contributed by atoms with van der Waals surface area (Å²) >= 11 is 5.43. The second-order valence-electron chi connectivity index (χ2n) is 3.04. The molecule has 0 aliphatic heterocycles. The summed E-state index contributed by atoms with van der Waals surface area (Å²) in [7, 11) is 0. The lowest BCUT2D eigenvalue weighted by Crippen LogP contribution is -2.46. The van der Waals surface area contributed by atoms with E-state index in [2.05, 4.69) is 4.74 Å². The Balaban J connectivity index is 2.92. The van der Waals surface area contributed by atoms with E-state index in [4.69, 9.17) is 11.6 Å². The van der Waals surface area contributed by atoms with E-state index in [0.29, 0.717) is 0 Å². The van der Waals surface area contributed by atoms with Gasteiger partial charge in [-0.15, -0.1) is 0 Å². The van der Waals surface area contributed by atoms with Gasteiger partial charge in [0, 0.05) is 5.02 Å². The van der Waals surface area contributed by atoms with Gasteiger partial charge in [-0.1, -0.05) is 11.6 Å². The van der Waals surface area contributed by atoms with Gasteiger partial charge >= 0.3 is 12.4 Å². The number of rotatable bonds is 2. The van der Waals surface area contributed by atoms with Crippen LogP contribution in [0.15, 0.2) is 24.3 Å². The third kappa shape index (κ3) is 3.99. The highest BCUT2D eigenvalue weighted by atomic mass is 35.5. The van der Waals surface area contributed by atoms with Gasteiger partial charge in [0.25, 0.3) is 6.10 Å². The Bertz CT molecular complexity index is 355. The lowest BCUT2D eigenvalue weighted by atomic mass is 10.3. The lowest BCUT2D eigenvalue weighted by Gasteiger charge is -2.23. The van der Waals surface area contributed by atoms with E-state index in [-0.39, 0.29) is 5.02 Å². The van der Waals surface area contributed by atoms with Gasteiger partial charge in [0.15, 0.2) is 0 Å². The van der Waals surface area contributed by atoms with Gasteiger partial charge in [0.2, 0.25) is 0 Å². The van der Waals surface area contributed by atoms with E-state index in [9.17, 15) is 26.3 Å². The molecule has 0 atom stereocenters. The van der Waals surface area contributed by atoms with Crippen LogP contribution in [0.5, 0.6) is 5.75 Å². The summed E-state index contributed by atoms with van der Waals surface area (Å²) in [4.78, 5) is 0. The van der Waals surface area contributed by atoms with Gasteiger partial charge in [-0.3, -0.25) is 0 Å². The molecule has 0 saturated heterocycles. The number of ether oxygens (including phenoxy) is 1. The molecule has 0 aromatic heterocycles. The molecule has 96 valence electrons. The quantitative estimate of drug-likeness (QED) is 0.736. The molecule has 1 aromatic rings. The summed E-state index contributed by atoms with van der Waals surface area (Å²) in [5.41, 5.74) is 0. The molecule has 1 aromatic carbocycles. The Morgan fingerprint density at radius 1 is 0.882 bits per heavy atom. The van der Waals surface area contributed by atoms with E-state index < -0.39 is 24.2 Å². The van der Waals surface area contributed by atoms with Gasteiger partial charge in [-0.05, 0) is 24.3 Å². The molecule has 0 bridgehead atoms. The van der Waals surface area contributed by atoms with E-state index in [0.717, 1.165) is 24.3 Å². The van der Waals surface area contributed by atoms with Crippen LogP contribution in [0.4, 0.5) is 26.3 Å². The molecule has 0 N–H and O–H groups in total.